The number of aromatic nitrogens is 4. The molecule has 1 amide bonds. The third kappa shape index (κ3) is 5.24. The van der Waals surface area contributed by atoms with Crippen molar-refractivity contribution < 1.29 is 4.79 Å². The number of benzene rings is 1. The molecule has 0 aliphatic carbocycles. The highest BCUT2D eigenvalue weighted by Crippen LogP contribution is 2.23. The van der Waals surface area contributed by atoms with Crippen molar-refractivity contribution in [2.45, 2.75) is 12.1 Å². The van der Waals surface area contributed by atoms with Gasteiger partial charge in [0.2, 0.25) is 0 Å². The molecule has 3 rings (SSSR count). The second-order valence-electron chi connectivity index (χ2n) is 5.66. The zero-order valence-corrected chi connectivity index (χ0v) is 17.2. The lowest BCUT2D eigenvalue weighted by Gasteiger charge is -2.04. The van der Waals surface area contributed by atoms with Gasteiger partial charge in [-0.1, -0.05) is 45.9 Å². The van der Waals surface area contributed by atoms with Crippen LogP contribution < -0.4 is 5.43 Å². The summed E-state index contributed by atoms with van der Waals surface area (Å²) in [4.78, 5) is 16.3. The number of rotatable bonds is 6. The normalized spacial score (nSPS) is 11.1. The lowest BCUT2D eigenvalue weighted by molar-refractivity contribution is -0.118. The van der Waals surface area contributed by atoms with E-state index in [9.17, 15) is 4.79 Å². The first kappa shape index (κ1) is 19.2. The number of aryl methyl sites for hydroxylation is 1. The summed E-state index contributed by atoms with van der Waals surface area (Å²) in [6, 6.07) is 13.4. The largest absolute Gasteiger partial charge is 0.305 e. The van der Waals surface area contributed by atoms with E-state index < -0.39 is 0 Å². The average Bonchev–Trinajstić information content (AvgIpc) is 3.01. The van der Waals surface area contributed by atoms with Gasteiger partial charge in [0.15, 0.2) is 11.0 Å². The molecule has 0 spiro atoms. The van der Waals surface area contributed by atoms with Crippen molar-refractivity contribution in [3.05, 3.63) is 58.3 Å². The second kappa shape index (κ2) is 8.92. The number of carbonyl (C=O) groups excluding carboxylic acids is 1. The first-order chi connectivity index (χ1) is 13.0. The molecule has 0 saturated heterocycles. The van der Waals surface area contributed by atoms with Crippen molar-refractivity contribution in [3.63, 3.8) is 0 Å². The number of hydrogen-bond acceptors (Lipinski definition) is 6. The van der Waals surface area contributed by atoms with E-state index in [1.54, 1.807) is 0 Å². The van der Waals surface area contributed by atoms with E-state index >= 15 is 0 Å². The number of nitrogens with zero attached hydrogens (tertiary/aromatic N) is 5. The van der Waals surface area contributed by atoms with Gasteiger partial charge in [-0.2, -0.15) is 5.10 Å². The summed E-state index contributed by atoms with van der Waals surface area (Å²) in [5.74, 6) is 0.705. The Morgan fingerprint density at radius 2 is 2.04 bits per heavy atom. The number of carbonyl (C=O) groups is 1. The molecule has 9 heteroatoms. The Kier molecular flexibility index (Phi) is 6.36. The van der Waals surface area contributed by atoms with Gasteiger partial charge in [-0.15, -0.1) is 10.2 Å². The Hall–Kier alpha value is -2.52. The van der Waals surface area contributed by atoms with Gasteiger partial charge in [0, 0.05) is 22.8 Å². The van der Waals surface area contributed by atoms with Gasteiger partial charge >= 0.3 is 0 Å². The van der Waals surface area contributed by atoms with Gasteiger partial charge in [-0.3, -0.25) is 9.78 Å². The van der Waals surface area contributed by atoms with E-state index in [1.807, 2.05) is 61.0 Å². The minimum Gasteiger partial charge on any atom is -0.305 e. The zero-order valence-electron chi connectivity index (χ0n) is 14.8. The van der Waals surface area contributed by atoms with Crippen LogP contribution in [0.4, 0.5) is 0 Å². The highest BCUT2D eigenvalue weighted by atomic mass is 79.9. The number of hydrogen-bond donors (Lipinski definition) is 1. The van der Waals surface area contributed by atoms with Gasteiger partial charge in [0.25, 0.3) is 5.91 Å². The number of thioether (sulfide) groups is 1. The Balaban J connectivity index is 1.55. The van der Waals surface area contributed by atoms with Crippen LogP contribution in [0, 0.1) is 6.92 Å². The maximum absolute atomic E-state index is 12.0. The highest BCUT2D eigenvalue weighted by Gasteiger charge is 2.12. The van der Waals surface area contributed by atoms with Crippen molar-refractivity contribution in [1.82, 2.24) is 25.2 Å². The van der Waals surface area contributed by atoms with Crippen molar-refractivity contribution in [2.75, 3.05) is 5.75 Å². The molecule has 0 aliphatic rings. The van der Waals surface area contributed by atoms with E-state index in [2.05, 4.69) is 41.6 Å². The van der Waals surface area contributed by atoms with Crippen LogP contribution in [0.3, 0.4) is 0 Å². The van der Waals surface area contributed by atoms with Crippen LogP contribution in [0.5, 0.6) is 0 Å². The van der Waals surface area contributed by atoms with Crippen molar-refractivity contribution in [2.24, 2.45) is 12.1 Å². The van der Waals surface area contributed by atoms with E-state index in [0.29, 0.717) is 10.9 Å². The Morgan fingerprint density at radius 1 is 1.26 bits per heavy atom. The maximum atomic E-state index is 12.0. The molecule has 1 N–H and O–H groups in total. The van der Waals surface area contributed by atoms with Crippen molar-refractivity contribution in [1.29, 1.82) is 0 Å². The molecular formula is C18H17BrN6OS. The Labute approximate surface area is 169 Å². The van der Waals surface area contributed by atoms with Crippen molar-refractivity contribution >= 4 is 39.8 Å². The Bertz CT molecular complexity index is 970. The van der Waals surface area contributed by atoms with Crippen LogP contribution >= 0.6 is 27.7 Å². The summed E-state index contributed by atoms with van der Waals surface area (Å²) in [6.07, 6.45) is 1.52. The average molecular weight is 445 g/mol. The minimum absolute atomic E-state index is 0.185. The number of hydrazone groups is 1. The standard InChI is InChI=1S/C18H17BrN6OS/c1-12-4-3-5-15(21-12)10-20-22-16(26)11-27-18-24-23-17(25(18)2)13-6-8-14(19)9-7-13/h3-10H,11H2,1-2H3,(H,22,26). The molecule has 0 saturated carbocycles. The molecule has 0 aliphatic heterocycles. The highest BCUT2D eigenvalue weighted by molar-refractivity contribution is 9.10. The van der Waals surface area contributed by atoms with Gasteiger partial charge in [0.05, 0.1) is 17.7 Å². The predicted octanol–water partition coefficient (Wildman–Crippen LogP) is 3.19. The molecule has 2 aromatic heterocycles. The molecule has 138 valence electrons. The molecule has 7 nitrogen and oxygen atoms in total. The van der Waals surface area contributed by atoms with Gasteiger partial charge < -0.3 is 4.57 Å². The first-order valence-corrected chi connectivity index (χ1v) is 9.84. The third-order valence-corrected chi connectivity index (χ3v) is 5.11. The number of pyridine rings is 1. The van der Waals surface area contributed by atoms with E-state index in [4.69, 9.17) is 0 Å². The number of halogens is 1. The second-order valence-corrected chi connectivity index (χ2v) is 7.52. The monoisotopic (exact) mass is 444 g/mol. The SMILES string of the molecule is Cc1cccc(C=NNC(=O)CSc2nnc(-c3ccc(Br)cc3)n2C)n1. The molecule has 2 heterocycles. The predicted molar refractivity (Wildman–Crippen MR) is 110 cm³/mol. The smallest absolute Gasteiger partial charge is 0.250 e. The lowest BCUT2D eigenvalue weighted by atomic mass is 10.2. The zero-order chi connectivity index (χ0) is 19.2. The summed E-state index contributed by atoms with van der Waals surface area (Å²) in [5.41, 5.74) is 5.03. The van der Waals surface area contributed by atoms with Crippen LogP contribution in [0.25, 0.3) is 11.4 Å². The van der Waals surface area contributed by atoms with E-state index in [1.165, 1.54) is 18.0 Å². The first-order valence-electron chi connectivity index (χ1n) is 8.06. The lowest BCUT2D eigenvalue weighted by Crippen LogP contribution is -2.20. The topological polar surface area (TPSA) is 85.1 Å². The fourth-order valence-electron chi connectivity index (χ4n) is 2.26. The fraction of sp³-hybridized carbons (Fsp3) is 0.167. The molecule has 0 radical (unpaired) electrons. The minimum atomic E-state index is -0.225. The van der Waals surface area contributed by atoms with E-state index in [0.717, 1.165) is 21.6 Å². The molecule has 3 aromatic rings. The fourth-order valence-corrected chi connectivity index (χ4v) is 3.23. The van der Waals surface area contributed by atoms with Crippen LogP contribution in [0.1, 0.15) is 11.4 Å². The Morgan fingerprint density at radius 3 is 2.78 bits per heavy atom. The summed E-state index contributed by atoms with van der Waals surface area (Å²) < 4.78 is 2.86. The summed E-state index contributed by atoms with van der Waals surface area (Å²) in [7, 11) is 1.87. The van der Waals surface area contributed by atoms with Crippen molar-refractivity contribution in [3.8, 4) is 11.4 Å². The van der Waals surface area contributed by atoms with Gasteiger partial charge in [-0.25, -0.2) is 5.43 Å². The van der Waals surface area contributed by atoms with Crippen LogP contribution in [-0.4, -0.2) is 37.6 Å². The summed E-state index contributed by atoms with van der Waals surface area (Å²) in [6.45, 7) is 1.90. The molecule has 1 aromatic carbocycles. The van der Waals surface area contributed by atoms with Gasteiger partial charge in [0.1, 0.15) is 0 Å². The van der Waals surface area contributed by atoms with Crippen LogP contribution in [0.15, 0.2) is 57.2 Å². The number of amides is 1. The molecule has 0 atom stereocenters. The van der Waals surface area contributed by atoms with Crippen LogP contribution in [0.2, 0.25) is 0 Å². The van der Waals surface area contributed by atoms with E-state index in [-0.39, 0.29) is 11.7 Å². The van der Waals surface area contributed by atoms with Gasteiger partial charge in [-0.05, 0) is 31.2 Å². The maximum Gasteiger partial charge on any atom is 0.250 e. The summed E-state index contributed by atoms with van der Waals surface area (Å²) >= 11 is 4.72. The molecule has 27 heavy (non-hydrogen) atoms. The quantitative estimate of drug-likeness (QED) is 0.358. The molecular weight excluding hydrogens is 428 g/mol. The van der Waals surface area contributed by atoms with Crippen LogP contribution in [-0.2, 0) is 11.8 Å². The third-order valence-electron chi connectivity index (χ3n) is 3.57. The molecule has 0 unspecified atom stereocenters. The molecule has 0 bridgehead atoms. The number of nitrogens with one attached hydrogen (secondary N) is 1. The summed E-state index contributed by atoms with van der Waals surface area (Å²) in [5, 5.41) is 13.0. The molecule has 0 fully saturated rings.